The third kappa shape index (κ3) is 4.56. The number of benzene rings is 1. The number of methoxy groups -OCH3 is 1. The number of hydrogen-bond acceptors (Lipinski definition) is 4. The number of rotatable bonds is 6. The fourth-order valence-corrected chi connectivity index (χ4v) is 2.40. The van der Waals surface area contributed by atoms with E-state index in [2.05, 4.69) is 22.2 Å². The van der Waals surface area contributed by atoms with Crippen LogP contribution in [-0.2, 0) is 11.3 Å². The van der Waals surface area contributed by atoms with Crippen molar-refractivity contribution in [2.24, 2.45) is 0 Å². The molecule has 0 saturated carbocycles. The van der Waals surface area contributed by atoms with Crippen LogP contribution in [0.15, 0.2) is 24.3 Å². The molecule has 21 heavy (non-hydrogen) atoms. The second-order valence-corrected chi connectivity index (χ2v) is 5.46. The van der Waals surface area contributed by atoms with E-state index in [1.54, 1.807) is 25.3 Å². The lowest BCUT2D eigenvalue weighted by Gasteiger charge is -2.10. The topological polar surface area (TPSA) is 47.0 Å². The number of aromatic nitrogens is 2. The first-order chi connectivity index (χ1) is 10.1. The molecule has 0 spiro atoms. The Morgan fingerprint density at radius 2 is 1.81 bits per heavy atom. The quantitative estimate of drug-likeness (QED) is 0.854. The van der Waals surface area contributed by atoms with Crippen molar-refractivity contribution >= 4 is 29.0 Å². The van der Waals surface area contributed by atoms with Crippen LogP contribution in [0.5, 0.6) is 0 Å². The molecule has 0 amide bonds. The van der Waals surface area contributed by atoms with Gasteiger partial charge in [-0.05, 0) is 24.6 Å². The maximum Gasteiger partial charge on any atom is 0.161 e. The third-order valence-electron chi connectivity index (χ3n) is 2.75. The number of ether oxygens (including phenoxy) is 1. The zero-order valence-electron chi connectivity index (χ0n) is 12.0. The van der Waals surface area contributed by atoms with Gasteiger partial charge in [-0.15, -0.1) is 0 Å². The Morgan fingerprint density at radius 3 is 2.43 bits per heavy atom. The fraction of sp³-hybridized carbons (Fsp3) is 0.333. The van der Waals surface area contributed by atoms with Crippen LogP contribution in [0.2, 0.25) is 10.0 Å². The van der Waals surface area contributed by atoms with Crippen LogP contribution in [0.3, 0.4) is 0 Å². The lowest BCUT2D eigenvalue weighted by atomic mass is 10.2. The molecule has 0 bridgehead atoms. The summed E-state index contributed by atoms with van der Waals surface area (Å²) >= 11 is 12.1. The summed E-state index contributed by atoms with van der Waals surface area (Å²) in [4.78, 5) is 9.00. The van der Waals surface area contributed by atoms with Gasteiger partial charge in [0, 0.05) is 35.3 Å². The van der Waals surface area contributed by atoms with E-state index in [0.717, 1.165) is 30.0 Å². The Hall–Kier alpha value is -1.36. The highest BCUT2D eigenvalue weighted by Gasteiger charge is 2.09. The van der Waals surface area contributed by atoms with Crippen LogP contribution < -0.4 is 5.32 Å². The minimum atomic E-state index is 0.421. The van der Waals surface area contributed by atoms with Crippen molar-refractivity contribution < 1.29 is 4.74 Å². The highest BCUT2D eigenvalue weighted by Crippen LogP contribution is 2.26. The SMILES string of the molecule is CCCNc1cc(COC)nc(-c2cc(Cl)cc(Cl)c2)n1. The molecule has 6 heteroatoms. The van der Waals surface area contributed by atoms with Crippen LogP contribution in [0, 0.1) is 0 Å². The van der Waals surface area contributed by atoms with E-state index in [9.17, 15) is 0 Å². The van der Waals surface area contributed by atoms with Crippen molar-refractivity contribution in [2.75, 3.05) is 19.0 Å². The number of anilines is 1. The molecule has 112 valence electrons. The van der Waals surface area contributed by atoms with E-state index in [0.29, 0.717) is 22.5 Å². The number of halogens is 2. The summed E-state index contributed by atoms with van der Waals surface area (Å²) in [6, 6.07) is 7.16. The molecule has 1 aromatic heterocycles. The first kappa shape index (κ1) is 16.0. The summed E-state index contributed by atoms with van der Waals surface area (Å²) < 4.78 is 5.16. The number of nitrogens with zero attached hydrogens (tertiary/aromatic N) is 2. The van der Waals surface area contributed by atoms with E-state index in [1.165, 1.54) is 0 Å². The van der Waals surface area contributed by atoms with Crippen LogP contribution >= 0.6 is 23.2 Å². The molecule has 0 aliphatic carbocycles. The zero-order valence-corrected chi connectivity index (χ0v) is 13.5. The van der Waals surface area contributed by atoms with Gasteiger partial charge in [-0.1, -0.05) is 30.1 Å². The van der Waals surface area contributed by atoms with Crippen LogP contribution in [0.4, 0.5) is 5.82 Å². The predicted octanol–water partition coefficient (Wildman–Crippen LogP) is 4.42. The van der Waals surface area contributed by atoms with Gasteiger partial charge in [0.1, 0.15) is 5.82 Å². The molecular formula is C15H17Cl2N3O. The molecule has 0 unspecified atom stereocenters. The van der Waals surface area contributed by atoms with Gasteiger partial charge < -0.3 is 10.1 Å². The molecule has 0 fully saturated rings. The van der Waals surface area contributed by atoms with Crippen molar-refractivity contribution in [3.8, 4) is 11.4 Å². The first-order valence-electron chi connectivity index (χ1n) is 6.69. The van der Waals surface area contributed by atoms with E-state index < -0.39 is 0 Å². The largest absolute Gasteiger partial charge is 0.378 e. The van der Waals surface area contributed by atoms with Gasteiger partial charge >= 0.3 is 0 Å². The molecule has 0 radical (unpaired) electrons. The van der Waals surface area contributed by atoms with Crippen LogP contribution in [-0.4, -0.2) is 23.6 Å². The van der Waals surface area contributed by atoms with Gasteiger partial charge in [0.25, 0.3) is 0 Å². The van der Waals surface area contributed by atoms with E-state index >= 15 is 0 Å². The molecular weight excluding hydrogens is 309 g/mol. The Bertz CT molecular complexity index is 600. The van der Waals surface area contributed by atoms with Gasteiger partial charge in [-0.25, -0.2) is 9.97 Å². The highest BCUT2D eigenvalue weighted by molar-refractivity contribution is 6.35. The molecule has 0 aliphatic heterocycles. The Labute approximate surface area is 134 Å². The van der Waals surface area contributed by atoms with Crippen molar-refractivity contribution in [1.82, 2.24) is 9.97 Å². The molecule has 1 N–H and O–H groups in total. The maximum absolute atomic E-state index is 6.04. The zero-order chi connectivity index (χ0) is 15.2. The number of nitrogens with one attached hydrogen (secondary N) is 1. The van der Waals surface area contributed by atoms with Gasteiger partial charge in [0.15, 0.2) is 5.82 Å². The minimum absolute atomic E-state index is 0.421. The molecule has 4 nitrogen and oxygen atoms in total. The van der Waals surface area contributed by atoms with Gasteiger partial charge in [0.2, 0.25) is 0 Å². The summed E-state index contributed by atoms with van der Waals surface area (Å²) in [6.07, 6.45) is 1.02. The summed E-state index contributed by atoms with van der Waals surface area (Å²) in [5, 5.41) is 4.37. The molecule has 1 aromatic carbocycles. The van der Waals surface area contributed by atoms with Crippen LogP contribution in [0.1, 0.15) is 19.0 Å². The molecule has 2 aromatic rings. The second-order valence-electron chi connectivity index (χ2n) is 4.59. The predicted molar refractivity (Wildman–Crippen MR) is 87.0 cm³/mol. The fourth-order valence-electron chi connectivity index (χ4n) is 1.87. The van der Waals surface area contributed by atoms with Crippen LogP contribution in [0.25, 0.3) is 11.4 Å². The summed E-state index contributed by atoms with van der Waals surface area (Å²) in [5.41, 5.74) is 1.59. The van der Waals surface area contributed by atoms with E-state index in [-0.39, 0.29) is 0 Å². The average Bonchev–Trinajstić information content (AvgIpc) is 2.44. The lowest BCUT2D eigenvalue weighted by molar-refractivity contribution is 0.181. The monoisotopic (exact) mass is 325 g/mol. The minimum Gasteiger partial charge on any atom is -0.378 e. The normalized spacial score (nSPS) is 10.7. The average molecular weight is 326 g/mol. The van der Waals surface area contributed by atoms with Crippen molar-refractivity contribution in [1.29, 1.82) is 0 Å². The van der Waals surface area contributed by atoms with Crippen molar-refractivity contribution in [3.05, 3.63) is 40.0 Å². The van der Waals surface area contributed by atoms with Crippen molar-refractivity contribution in [2.45, 2.75) is 20.0 Å². The Morgan fingerprint density at radius 1 is 1.10 bits per heavy atom. The standard InChI is InChI=1S/C15H17Cl2N3O/c1-3-4-18-14-8-13(9-21-2)19-15(20-14)10-5-11(16)7-12(17)6-10/h5-8H,3-4,9H2,1-2H3,(H,18,19,20). The lowest BCUT2D eigenvalue weighted by Crippen LogP contribution is -2.06. The molecule has 0 atom stereocenters. The highest BCUT2D eigenvalue weighted by atomic mass is 35.5. The number of hydrogen-bond donors (Lipinski definition) is 1. The molecule has 1 heterocycles. The van der Waals surface area contributed by atoms with Crippen molar-refractivity contribution in [3.63, 3.8) is 0 Å². The summed E-state index contributed by atoms with van der Waals surface area (Å²) in [6.45, 7) is 3.37. The maximum atomic E-state index is 6.04. The summed E-state index contributed by atoms with van der Waals surface area (Å²) in [7, 11) is 1.64. The molecule has 0 saturated heterocycles. The van der Waals surface area contributed by atoms with Gasteiger partial charge in [-0.3, -0.25) is 0 Å². The smallest absolute Gasteiger partial charge is 0.161 e. The van der Waals surface area contributed by atoms with Gasteiger partial charge in [0.05, 0.1) is 12.3 Å². The third-order valence-corrected chi connectivity index (χ3v) is 3.18. The Kier molecular flexibility index (Phi) is 5.79. The molecule has 0 aliphatic rings. The first-order valence-corrected chi connectivity index (χ1v) is 7.45. The van der Waals surface area contributed by atoms with E-state index in [1.807, 2.05) is 6.07 Å². The molecule has 2 rings (SSSR count). The van der Waals surface area contributed by atoms with Gasteiger partial charge in [-0.2, -0.15) is 0 Å². The summed E-state index contributed by atoms with van der Waals surface area (Å²) in [5.74, 6) is 1.34. The Balaban J connectivity index is 2.42. The second kappa shape index (κ2) is 7.59. The van der Waals surface area contributed by atoms with E-state index in [4.69, 9.17) is 27.9 Å².